The molecule has 1 aliphatic carbocycles. The van der Waals surface area contributed by atoms with Crippen LogP contribution in [0.25, 0.3) is 0 Å². The smallest absolute Gasteiger partial charge is 0.312 e. The Labute approximate surface area is 161 Å². The van der Waals surface area contributed by atoms with Gasteiger partial charge in [-0.2, -0.15) is 0 Å². The van der Waals surface area contributed by atoms with Gasteiger partial charge in [0.25, 0.3) is 0 Å². The van der Waals surface area contributed by atoms with E-state index < -0.39 is 9.93 Å². The lowest BCUT2D eigenvalue weighted by Crippen LogP contribution is -2.40. The largest absolute Gasteiger partial charge is 0.447 e. The number of fused-ring (bicyclic) bond motifs is 1. The minimum Gasteiger partial charge on any atom is -0.447 e. The van der Waals surface area contributed by atoms with Crippen LogP contribution in [-0.4, -0.2) is 10.3 Å². The molecule has 2 aliphatic rings. The molecule has 128 valence electrons. The highest BCUT2D eigenvalue weighted by Gasteiger charge is 2.84. The van der Waals surface area contributed by atoms with Gasteiger partial charge in [0, 0.05) is 17.0 Å². The van der Waals surface area contributed by atoms with E-state index in [1.165, 1.54) is 5.56 Å². The Kier molecular flexibility index (Phi) is 3.38. The molecule has 1 saturated heterocycles. The summed E-state index contributed by atoms with van der Waals surface area (Å²) >= 11 is 4.01. The molecule has 2 fully saturated rings. The Morgan fingerprint density at radius 1 is 0.692 bits per heavy atom. The van der Waals surface area contributed by atoms with Gasteiger partial charge in [-0.05, 0) is 5.56 Å². The first-order valence-electron chi connectivity index (χ1n) is 8.77. The molecule has 1 aliphatic heterocycles. The first kappa shape index (κ1) is 15.8. The summed E-state index contributed by atoms with van der Waals surface area (Å²) in [6.45, 7) is 0. The molecule has 0 bridgehead atoms. The minimum absolute atomic E-state index is 0.0883. The Bertz CT molecular complexity index is 916. The molecule has 5 rings (SSSR count). The molecule has 3 aromatic carbocycles. The Morgan fingerprint density at radius 3 is 1.65 bits per heavy atom. The number of rotatable bonds is 3. The van der Waals surface area contributed by atoms with Gasteiger partial charge in [-0.15, -0.1) is 0 Å². The summed E-state index contributed by atoms with van der Waals surface area (Å²) < 4.78 is 5.67. The molecule has 3 atom stereocenters. The molecule has 0 amide bonds. The first-order valence-corrected chi connectivity index (χ1v) is 9.56. The number of hydrogen-bond acceptors (Lipinski definition) is 2. The summed E-state index contributed by atoms with van der Waals surface area (Å²) in [7, 11) is 0. The number of esters is 1. The fourth-order valence-electron chi connectivity index (χ4n) is 4.56. The molecular formula is C23H17BrO2. The Balaban J connectivity index is 1.75. The maximum absolute atomic E-state index is 12.9. The topological polar surface area (TPSA) is 26.3 Å². The lowest BCUT2D eigenvalue weighted by atomic mass is 9.80. The van der Waals surface area contributed by atoms with Crippen LogP contribution in [0.4, 0.5) is 0 Å². The van der Waals surface area contributed by atoms with Crippen LogP contribution < -0.4 is 0 Å². The normalized spacial score (nSPS) is 28.3. The first-order chi connectivity index (χ1) is 12.7. The van der Waals surface area contributed by atoms with Crippen LogP contribution in [0.15, 0.2) is 91.0 Å². The molecule has 0 unspecified atom stereocenters. The summed E-state index contributed by atoms with van der Waals surface area (Å²) in [6.07, 6.45) is 0. The van der Waals surface area contributed by atoms with Crippen LogP contribution in [0.1, 0.15) is 22.6 Å². The lowest BCUT2D eigenvalue weighted by Gasteiger charge is -2.36. The molecule has 0 spiro atoms. The van der Waals surface area contributed by atoms with Gasteiger partial charge < -0.3 is 4.74 Å². The van der Waals surface area contributed by atoms with E-state index in [0.717, 1.165) is 11.1 Å². The average molecular weight is 405 g/mol. The number of hydrogen-bond donors (Lipinski definition) is 0. The molecular weight excluding hydrogens is 388 g/mol. The summed E-state index contributed by atoms with van der Waals surface area (Å²) in [5.74, 6) is -0.237. The number of ether oxygens (including phenoxy) is 1. The van der Waals surface area contributed by atoms with Gasteiger partial charge in [0.05, 0.1) is 10.2 Å². The number of benzene rings is 3. The van der Waals surface area contributed by atoms with Gasteiger partial charge in [-0.25, -0.2) is 0 Å². The van der Waals surface area contributed by atoms with Gasteiger partial charge in [0.1, 0.15) is 0 Å². The Hall–Kier alpha value is -2.39. The standard InChI is InChI=1S/C23H17BrO2/c24-22-19(16-10-4-1-5-11-16)20(22)21(25)26-23(22,17-12-6-2-7-13-17)18-14-8-3-9-15-18/h1-15,19-20H/t19-,20+,22-/m1/s1. The van der Waals surface area contributed by atoms with Gasteiger partial charge in [-0.3, -0.25) is 4.79 Å². The van der Waals surface area contributed by atoms with Crippen molar-refractivity contribution in [2.45, 2.75) is 15.8 Å². The van der Waals surface area contributed by atoms with Crippen molar-refractivity contribution in [3.63, 3.8) is 0 Å². The van der Waals surface area contributed by atoms with Crippen molar-refractivity contribution in [1.82, 2.24) is 0 Å². The fraction of sp³-hybridized carbons (Fsp3) is 0.174. The van der Waals surface area contributed by atoms with E-state index in [4.69, 9.17) is 4.74 Å². The maximum Gasteiger partial charge on any atom is 0.312 e. The zero-order valence-corrected chi connectivity index (χ0v) is 15.6. The van der Waals surface area contributed by atoms with Crippen LogP contribution >= 0.6 is 15.9 Å². The van der Waals surface area contributed by atoms with Crippen molar-refractivity contribution < 1.29 is 9.53 Å². The second-order valence-corrected chi connectivity index (χ2v) is 8.28. The van der Waals surface area contributed by atoms with Gasteiger partial charge in [0.2, 0.25) is 0 Å². The van der Waals surface area contributed by atoms with Crippen LogP contribution in [0.2, 0.25) is 0 Å². The summed E-state index contributed by atoms with van der Waals surface area (Å²) in [5.41, 5.74) is 2.33. The van der Waals surface area contributed by atoms with Gasteiger partial charge >= 0.3 is 5.97 Å². The van der Waals surface area contributed by atoms with Crippen LogP contribution in [0, 0.1) is 5.92 Å². The third kappa shape index (κ3) is 1.89. The van der Waals surface area contributed by atoms with Crippen LogP contribution in [0.3, 0.4) is 0 Å². The van der Waals surface area contributed by atoms with Crippen molar-refractivity contribution in [1.29, 1.82) is 0 Å². The van der Waals surface area contributed by atoms with Crippen LogP contribution in [-0.2, 0) is 15.1 Å². The second kappa shape index (κ2) is 5.55. The SMILES string of the molecule is O=C1OC(c2ccccc2)(c2ccccc2)[C@]2(Br)[C@H]1[C@H]2c1ccccc1. The van der Waals surface area contributed by atoms with E-state index in [1.807, 2.05) is 78.9 Å². The second-order valence-electron chi connectivity index (χ2n) is 6.97. The fourth-order valence-corrected chi connectivity index (χ4v) is 5.95. The third-order valence-electron chi connectivity index (χ3n) is 5.70. The quantitative estimate of drug-likeness (QED) is 0.451. The molecule has 2 nitrogen and oxygen atoms in total. The molecule has 26 heavy (non-hydrogen) atoms. The van der Waals surface area contributed by atoms with Crippen molar-refractivity contribution >= 4 is 21.9 Å². The highest BCUT2D eigenvalue weighted by atomic mass is 79.9. The average Bonchev–Trinajstić information content (AvgIpc) is 3.28. The molecule has 0 N–H and O–H groups in total. The zero-order valence-electron chi connectivity index (χ0n) is 14.0. The van der Waals surface area contributed by atoms with Gasteiger partial charge in [-0.1, -0.05) is 107 Å². The molecule has 3 heteroatoms. The summed E-state index contributed by atoms with van der Waals surface area (Å²) in [5, 5.41) is 0. The predicted molar refractivity (Wildman–Crippen MR) is 104 cm³/mol. The molecule has 1 heterocycles. The third-order valence-corrected chi connectivity index (χ3v) is 7.24. The number of carbonyl (C=O) groups is 1. The number of alkyl halides is 1. The van der Waals surface area contributed by atoms with E-state index in [2.05, 4.69) is 28.1 Å². The highest BCUT2D eigenvalue weighted by Crippen LogP contribution is 2.77. The van der Waals surface area contributed by atoms with E-state index in [9.17, 15) is 4.79 Å². The molecule has 1 saturated carbocycles. The van der Waals surface area contributed by atoms with Crippen molar-refractivity contribution in [3.8, 4) is 0 Å². The number of cyclic esters (lactones) is 1. The summed E-state index contributed by atoms with van der Waals surface area (Å²) in [6, 6.07) is 30.4. The number of carbonyl (C=O) groups excluding carboxylic acids is 1. The molecule has 3 aromatic rings. The zero-order chi connectivity index (χ0) is 17.8. The minimum atomic E-state index is -0.836. The molecule has 0 aromatic heterocycles. The van der Waals surface area contributed by atoms with E-state index in [-0.39, 0.29) is 17.8 Å². The predicted octanol–water partition coefficient (Wildman–Crippen LogP) is 5.03. The number of halogens is 1. The van der Waals surface area contributed by atoms with Crippen molar-refractivity contribution in [2.24, 2.45) is 5.92 Å². The Morgan fingerprint density at radius 2 is 1.15 bits per heavy atom. The van der Waals surface area contributed by atoms with Crippen molar-refractivity contribution in [2.75, 3.05) is 0 Å². The summed E-state index contributed by atoms with van der Waals surface area (Å²) in [4.78, 5) is 12.9. The van der Waals surface area contributed by atoms with Crippen molar-refractivity contribution in [3.05, 3.63) is 108 Å². The highest BCUT2D eigenvalue weighted by molar-refractivity contribution is 9.10. The lowest BCUT2D eigenvalue weighted by molar-refractivity contribution is -0.151. The van der Waals surface area contributed by atoms with Crippen LogP contribution in [0.5, 0.6) is 0 Å². The van der Waals surface area contributed by atoms with Gasteiger partial charge in [0.15, 0.2) is 5.60 Å². The monoisotopic (exact) mass is 404 g/mol. The van der Waals surface area contributed by atoms with E-state index in [0.29, 0.717) is 0 Å². The van der Waals surface area contributed by atoms with E-state index in [1.54, 1.807) is 0 Å². The molecule has 0 radical (unpaired) electrons. The maximum atomic E-state index is 12.9. The van der Waals surface area contributed by atoms with E-state index >= 15 is 0 Å².